The Morgan fingerprint density at radius 3 is 2.33 bits per heavy atom. The third-order valence-electron chi connectivity index (χ3n) is 2.04. The molecule has 1 aromatic heterocycles. The Bertz CT molecular complexity index is 503. The highest BCUT2D eigenvalue weighted by molar-refractivity contribution is 7.07. The molecule has 0 aliphatic carbocycles. The molecule has 0 atom stereocenters. The van der Waals surface area contributed by atoms with Gasteiger partial charge in [0.15, 0.2) is 0 Å². The molecule has 6 heteroatoms. The first kappa shape index (κ1) is 10.2. The minimum Gasteiger partial charge on any atom is -0.423 e. The van der Waals surface area contributed by atoms with Crippen molar-refractivity contribution in [3.63, 3.8) is 0 Å². The highest BCUT2D eigenvalue weighted by atomic mass is 32.1. The van der Waals surface area contributed by atoms with E-state index >= 15 is 0 Å². The van der Waals surface area contributed by atoms with Gasteiger partial charge in [-0.3, -0.25) is 4.79 Å². The van der Waals surface area contributed by atoms with Gasteiger partial charge in [-0.1, -0.05) is 35.6 Å². The topological polar surface area (TPSA) is 73.3 Å². The molecule has 0 saturated heterocycles. The van der Waals surface area contributed by atoms with Gasteiger partial charge < -0.3 is 15.0 Å². The lowest BCUT2D eigenvalue weighted by atomic mass is 9.80. The number of thiazole rings is 1. The van der Waals surface area contributed by atoms with Gasteiger partial charge in [-0.25, -0.2) is 0 Å². The molecule has 0 spiro atoms. The Hall–Kier alpha value is -1.37. The molecular weight excluding hydrogens is 213 g/mol. The van der Waals surface area contributed by atoms with Crippen LogP contribution in [-0.4, -0.2) is 22.2 Å². The molecule has 76 valence electrons. The summed E-state index contributed by atoms with van der Waals surface area (Å²) in [5.74, 6) is 0. The van der Waals surface area contributed by atoms with E-state index in [1.54, 1.807) is 29.6 Å². The number of rotatable bonds is 2. The van der Waals surface area contributed by atoms with Crippen LogP contribution in [0.3, 0.4) is 0 Å². The van der Waals surface area contributed by atoms with Gasteiger partial charge in [-0.2, -0.15) is 0 Å². The number of hydrogen-bond donors (Lipinski definition) is 3. The Kier molecular flexibility index (Phi) is 2.72. The summed E-state index contributed by atoms with van der Waals surface area (Å²) in [6.07, 6.45) is 0. The second-order valence-corrected chi connectivity index (χ2v) is 3.90. The van der Waals surface area contributed by atoms with Crippen LogP contribution in [0.25, 0.3) is 11.3 Å². The smallest absolute Gasteiger partial charge is 0.423 e. The average Bonchev–Trinajstić information content (AvgIpc) is 2.65. The van der Waals surface area contributed by atoms with Gasteiger partial charge in [-0.15, -0.1) is 0 Å². The molecule has 0 bridgehead atoms. The zero-order valence-corrected chi connectivity index (χ0v) is 8.49. The van der Waals surface area contributed by atoms with Gasteiger partial charge in [0.1, 0.15) is 0 Å². The molecule has 2 rings (SSSR count). The Balaban J connectivity index is 2.35. The van der Waals surface area contributed by atoms with Crippen LogP contribution in [-0.2, 0) is 0 Å². The Morgan fingerprint density at radius 2 is 1.87 bits per heavy atom. The Labute approximate surface area is 90.0 Å². The van der Waals surface area contributed by atoms with Gasteiger partial charge in [-0.05, 0) is 11.0 Å². The summed E-state index contributed by atoms with van der Waals surface area (Å²) in [6.45, 7) is 0. The summed E-state index contributed by atoms with van der Waals surface area (Å²) in [6, 6.07) is 6.67. The molecule has 1 heterocycles. The molecule has 0 unspecified atom stereocenters. The third kappa shape index (κ3) is 2.17. The number of aromatic nitrogens is 1. The average molecular weight is 221 g/mol. The number of aromatic amines is 1. The Morgan fingerprint density at radius 1 is 1.20 bits per heavy atom. The first-order valence-electron chi connectivity index (χ1n) is 4.31. The number of benzene rings is 1. The highest BCUT2D eigenvalue weighted by Gasteiger charge is 2.10. The maximum atomic E-state index is 10.9. The van der Waals surface area contributed by atoms with Crippen LogP contribution in [0, 0.1) is 0 Å². The van der Waals surface area contributed by atoms with Crippen LogP contribution in [0.15, 0.2) is 34.4 Å². The number of nitrogens with one attached hydrogen (secondary N) is 1. The molecule has 0 aliphatic heterocycles. The lowest BCUT2D eigenvalue weighted by molar-refractivity contribution is 0.426. The van der Waals surface area contributed by atoms with Crippen molar-refractivity contribution in [2.45, 2.75) is 0 Å². The van der Waals surface area contributed by atoms with E-state index in [1.165, 1.54) is 0 Å². The fourth-order valence-corrected chi connectivity index (χ4v) is 1.85. The van der Waals surface area contributed by atoms with Crippen molar-refractivity contribution in [2.24, 2.45) is 0 Å². The van der Waals surface area contributed by atoms with Crippen LogP contribution < -0.4 is 10.3 Å². The minimum absolute atomic E-state index is 0.101. The molecule has 0 amide bonds. The van der Waals surface area contributed by atoms with Crippen LogP contribution in [0.2, 0.25) is 0 Å². The van der Waals surface area contributed by atoms with E-state index in [-0.39, 0.29) is 4.87 Å². The summed E-state index contributed by atoms with van der Waals surface area (Å²) in [4.78, 5) is 13.5. The second kappa shape index (κ2) is 4.02. The summed E-state index contributed by atoms with van der Waals surface area (Å²) in [5.41, 5.74) is 2.01. The van der Waals surface area contributed by atoms with Crippen molar-refractivity contribution in [1.29, 1.82) is 0 Å². The lowest BCUT2D eigenvalue weighted by Gasteiger charge is -2.00. The normalized spacial score (nSPS) is 10.3. The van der Waals surface area contributed by atoms with E-state index in [0.717, 1.165) is 22.6 Å². The number of H-pyrrole nitrogens is 1. The van der Waals surface area contributed by atoms with Crippen molar-refractivity contribution < 1.29 is 10.0 Å². The highest BCUT2D eigenvalue weighted by Crippen LogP contribution is 2.15. The summed E-state index contributed by atoms with van der Waals surface area (Å²) >= 11 is 1.10. The van der Waals surface area contributed by atoms with E-state index < -0.39 is 7.12 Å². The lowest BCUT2D eigenvalue weighted by Crippen LogP contribution is -2.29. The van der Waals surface area contributed by atoms with E-state index in [4.69, 9.17) is 10.0 Å². The van der Waals surface area contributed by atoms with Crippen molar-refractivity contribution >= 4 is 23.9 Å². The molecule has 3 N–H and O–H groups in total. The maximum Gasteiger partial charge on any atom is 0.488 e. The SMILES string of the molecule is O=c1[nH]c(-c2ccc(B(O)O)cc2)cs1. The first-order valence-corrected chi connectivity index (χ1v) is 5.19. The molecular formula is C9H8BNO3S. The molecule has 1 aromatic carbocycles. The maximum absolute atomic E-state index is 10.9. The van der Waals surface area contributed by atoms with E-state index in [9.17, 15) is 4.79 Å². The van der Waals surface area contributed by atoms with E-state index in [2.05, 4.69) is 4.98 Å². The van der Waals surface area contributed by atoms with Gasteiger partial charge >= 0.3 is 12.0 Å². The number of hydrogen-bond acceptors (Lipinski definition) is 4. The second-order valence-electron chi connectivity index (χ2n) is 3.06. The van der Waals surface area contributed by atoms with Gasteiger partial charge in [0.2, 0.25) is 0 Å². The monoisotopic (exact) mass is 221 g/mol. The van der Waals surface area contributed by atoms with Gasteiger partial charge in [0, 0.05) is 5.38 Å². The predicted octanol–water partition coefficient (Wildman–Crippen LogP) is -0.217. The van der Waals surface area contributed by atoms with Crippen molar-refractivity contribution in [1.82, 2.24) is 4.98 Å². The molecule has 15 heavy (non-hydrogen) atoms. The fourth-order valence-electron chi connectivity index (χ4n) is 1.26. The van der Waals surface area contributed by atoms with Crippen LogP contribution in [0.5, 0.6) is 0 Å². The molecule has 0 radical (unpaired) electrons. The van der Waals surface area contributed by atoms with Crippen molar-refractivity contribution in [3.05, 3.63) is 39.3 Å². The molecule has 0 fully saturated rings. The zero-order chi connectivity index (χ0) is 10.8. The fraction of sp³-hybridized carbons (Fsp3) is 0. The predicted molar refractivity (Wildman–Crippen MR) is 60.2 cm³/mol. The quantitative estimate of drug-likeness (QED) is 0.614. The summed E-state index contributed by atoms with van der Waals surface area (Å²) in [7, 11) is -1.46. The largest absolute Gasteiger partial charge is 0.488 e. The summed E-state index contributed by atoms with van der Waals surface area (Å²) < 4.78 is 0. The van der Waals surface area contributed by atoms with Crippen molar-refractivity contribution in [3.8, 4) is 11.3 Å². The first-order chi connectivity index (χ1) is 7.16. The zero-order valence-electron chi connectivity index (χ0n) is 7.68. The molecule has 0 aliphatic rings. The standard InChI is InChI=1S/C9H8BNO3S/c12-9-11-8(5-15-9)6-1-3-7(4-2-6)10(13)14/h1-5,13-14H,(H,11,12). The molecule has 0 saturated carbocycles. The minimum atomic E-state index is -1.46. The molecule has 4 nitrogen and oxygen atoms in total. The summed E-state index contributed by atoms with van der Waals surface area (Å²) in [5, 5.41) is 19.5. The van der Waals surface area contributed by atoms with Gasteiger partial charge in [0.25, 0.3) is 0 Å². The van der Waals surface area contributed by atoms with Crippen LogP contribution in [0.4, 0.5) is 0 Å². The van der Waals surface area contributed by atoms with Crippen LogP contribution in [0.1, 0.15) is 0 Å². The van der Waals surface area contributed by atoms with Crippen molar-refractivity contribution in [2.75, 3.05) is 0 Å². The van der Waals surface area contributed by atoms with E-state index in [1.807, 2.05) is 0 Å². The van der Waals surface area contributed by atoms with Crippen LogP contribution >= 0.6 is 11.3 Å². The third-order valence-corrected chi connectivity index (χ3v) is 2.71. The molecule has 2 aromatic rings. The van der Waals surface area contributed by atoms with E-state index in [0.29, 0.717) is 5.46 Å². The van der Waals surface area contributed by atoms with Gasteiger partial charge in [0.05, 0.1) is 5.69 Å².